The van der Waals surface area contributed by atoms with Crippen LogP contribution in [0.5, 0.6) is 0 Å². The van der Waals surface area contributed by atoms with Gasteiger partial charge >= 0.3 is 0 Å². The van der Waals surface area contributed by atoms with Crippen molar-refractivity contribution in [2.45, 2.75) is 39.5 Å². The number of nitrogens with zero attached hydrogens (tertiary/aromatic N) is 1. The number of hydrogen-bond acceptors (Lipinski definition) is 2. The molecule has 2 nitrogen and oxygen atoms in total. The molecule has 0 aliphatic heterocycles. The third kappa shape index (κ3) is 3.86. The summed E-state index contributed by atoms with van der Waals surface area (Å²) in [7, 11) is 0. The number of aromatic nitrogens is 1. The highest BCUT2D eigenvalue weighted by Crippen LogP contribution is 2.25. The molecule has 20 heavy (non-hydrogen) atoms. The largest absolute Gasteiger partial charge is 0.384 e. The minimum atomic E-state index is 0.733. The van der Waals surface area contributed by atoms with Crippen LogP contribution in [0.4, 0.5) is 5.69 Å². The molecule has 1 heterocycles. The van der Waals surface area contributed by atoms with Crippen LogP contribution in [0.2, 0.25) is 5.02 Å². The zero-order valence-electron chi connectivity index (χ0n) is 12.3. The number of benzene rings is 1. The fraction of sp³-hybridized carbons (Fsp3) is 0.471. The molecule has 3 heteroatoms. The number of pyridine rings is 1. The minimum Gasteiger partial charge on any atom is -0.384 e. The van der Waals surface area contributed by atoms with E-state index in [1.165, 1.54) is 25.7 Å². The summed E-state index contributed by atoms with van der Waals surface area (Å²) in [5.41, 5.74) is 2.10. The van der Waals surface area contributed by atoms with Gasteiger partial charge in [-0.2, -0.15) is 0 Å². The highest BCUT2D eigenvalue weighted by Gasteiger charge is 2.07. The molecule has 108 valence electrons. The van der Waals surface area contributed by atoms with Crippen molar-refractivity contribution in [3.8, 4) is 0 Å². The van der Waals surface area contributed by atoms with Gasteiger partial charge < -0.3 is 5.32 Å². The molecule has 1 N–H and O–H groups in total. The van der Waals surface area contributed by atoms with Gasteiger partial charge in [0.15, 0.2) is 0 Å². The van der Waals surface area contributed by atoms with Crippen molar-refractivity contribution >= 4 is 28.2 Å². The van der Waals surface area contributed by atoms with E-state index in [0.717, 1.165) is 34.1 Å². The molecule has 1 aromatic carbocycles. The first kappa shape index (κ1) is 15.1. The Kier molecular flexibility index (Phi) is 5.66. The summed E-state index contributed by atoms with van der Waals surface area (Å²) in [5.74, 6) is 0.741. The van der Waals surface area contributed by atoms with Crippen molar-refractivity contribution < 1.29 is 0 Å². The summed E-state index contributed by atoms with van der Waals surface area (Å²) in [6.45, 7) is 5.55. The van der Waals surface area contributed by atoms with Crippen LogP contribution in [-0.2, 0) is 0 Å². The van der Waals surface area contributed by atoms with Crippen molar-refractivity contribution in [3.05, 3.63) is 35.5 Å². The monoisotopic (exact) mass is 290 g/mol. The SMILES string of the molecule is CCCCC(CC)CNc1ccnc2cc(Cl)ccc12. The van der Waals surface area contributed by atoms with Crippen molar-refractivity contribution in [2.24, 2.45) is 5.92 Å². The highest BCUT2D eigenvalue weighted by molar-refractivity contribution is 6.31. The first-order valence-corrected chi connectivity index (χ1v) is 7.90. The Hall–Kier alpha value is -1.28. The van der Waals surface area contributed by atoms with Gasteiger partial charge in [0, 0.05) is 28.8 Å². The predicted molar refractivity (Wildman–Crippen MR) is 88.5 cm³/mol. The second-order valence-electron chi connectivity index (χ2n) is 5.32. The Morgan fingerprint density at radius 1 is 1.25 bits per heavy atom. The summed E-state index contributed by atoms with van der Waals surface area (Å²) in [4.78, 5) is 4.38. The van der Waals surface area contributed by atoms with Gasteiger partial charge in [-0.25, -0.2) is 0 Å². The molecule has 1 atom stereocenters. The number of nitrogens with one attached hydrogen (secondary N) is 1. The van der Waals surface area contributed by atoms with Gasteiger partial charge in [-0.1, -0.05) is 44.7 Å². The molecular formula is C17H23ClN2. The first-order valence-electron chi connectivity index (χ1n) is 7.52. The van der Waals surface area contributed by atoms with Crippen LogP contribution in [0.3, 0.4) is 0 Å². The number of hydrogen-bond donors (Lipinski definition) is 1. The Bertz CT molecular complexity index is 554. The third-order valence-corrected chi connectivity index (χ3v) is 4.06. The lowest BCUT2D eigenvalue weighted by Crippen LogP contribution is -2.13. The van der Waals surface area contributed by atoms with Gasteiger partial charge in [-0.15, -0.1) is 0 Å². The van der Waals surface area contributed by atoms with Gasteiger partial charge in [0.1, 0.15) is 0 Å². The Labute approximate surface area is 126 Å². The second-order valence-corrected chi connectivity index (χ2v) is 5.75. The van der Waals surface area contributed by atoms with Crippen molar-refractivity contribution in [3.63, 3.8) is 0 Å². The fourth-order valence-corrected chi connectivity index (χ4v) is 2.64. The quantitative estimate of drug-likeness (QED) is 0.726. The van der Waals surface area contributed by atoms with E-state index < -0.39 is 0 Å². The van der Waals surface area contributed by atoms with Crippen LogP contribution in [0.15, 0.2) is 30.5 Å². The number of halogens is 1. The average molecular weight is 291 g/mol. The first-order chi connectivity index (χ1) is 9.74. The molecule has 0 saturated heterocycles. The number of unbranched alkanes of at least 4 members (excludes halogenated alkanes) is 1. The topological polar surface area (TPSA) is 24.9 Å². The Morgan fingerprint density at radius 2 is 2.10 bits per heavy atom. The standard InChI is InChI=1S/C17H23ClN2/c1-3-5-6-13(4-2)12-20-16-9-10-19-17-11-14(18)7-8-15(16)17/h7-11,13H,3-6,12H2,1-2H3,(H,19,20). The molecule has 0 amide bonds. The maximum absolute atomic E-state index is 6.02. The summed E-state index contributed by atoms with van der Waals surface area (Å²) in [6.07, 6.45) is 6.95. The molecule has 1 unspecified atom stereocenters. The molecule has 0 saturated carbocycles. The number of anilines is 1. The van der Waals surface area contributed by atoms with Crippen LogP contribution in [0, 0.1) is 5.92 Å². The minimum absolute atomic E-state index is 0.733. The zero-order chi connectivity index (χ0) is 14.4. The highest BCUT2D eigenvalue weighted by atomic mass is 35.5. The van der Waals surface area contributed by atoms with Crippen LogP contribution in [-0.4, -0.2) is 11.5 Å². The van der Waals surface area contributed by atoms with E-state index in [2.05, 4.69) is 24.1 Å². The lowest BCUT2D eigenvalue weighted by molar-refractivity contribution is 0.473. The van der Waals surface area contributed by atoms with Gasteiger partial charge in [0.05, 0.1) is 5.52 Å². The van der Waals surface area contributed by atoms with E-state index in [9.17, 15) is 0 Å². The van der Waals surface area contributed by atoms with Crippen molar-refractivity contribution in [1.29, 1.82) is 0 Å². The van der Waals surface area contributed by atoms with E-state index in [1.54, 1.807) is 0 Å². The molecule has 2 aromatic rings. The lowest BCUT2D eigenvalue weighted by atomic mass is 9.99. The van der Waals surface area contributed by atoms with Crippen LogP contribution >= 0.6 is 11.6 Å². The number of fused-ring (bicyclic) bond motifs is 1. The van der Waals surface area contributed by atoms with E-state index in [4.69, 9.17) is 11.6 Å². The van der Waals surface area contributed by atoms with E-state index in [-0.39, 0.29) is 0 Å². The smallest absolute Gasteiger partial charge is 0.0737 e. The predicted octanol–water partition coefficient (Wildman–Crippen LogP) is 5.52. The lowest BCUT2D eigenvalue weighted by Gasteiger charge is -2.17. The van der Waals surface area contributed by atoms with Crippen LogP contribution < -0.4 is 5.32 Å². The van der Waals surface area contributed by atoms with Crippen molar-refractivity contribution in [1.82, 2.24) is 4.98 Å². The molecular weight excluding hydrogens is 268 g/mol. The van der Waals surface area contributed by atoms with Gasteiger partial charge in [-0.3, -0.25) is 4.98 Å². The molecule has 0 aliphatic rings. The molecule has 2 rings (SSSR count). The van der Waals surface area contributed by atoms with Gasteiger partial charge in [0.25, 0.3) is 0 Å². The molecule has 0 spiro atoms. The number of rotatable bonds is 7. The summed E-state index contributed by atoms with van der Waals surface area (Å²) < 4.78 is 0. The van der Waals surface area contributed by atoms with E-state index in [1.807, 2.05) is 30.5 Å². The molecule has 0 radical (unpaired) electrons. The van der Waals surface area contributed by atoms with Crippen LogP contribution in [0.25, 0.3) is 10.9 Å². The van der Waals surface area contributed by atoms with Gasteiger partial charge in [-0.05, 0) is 36.6 Å². The normalized spacial score (nSPS) is 12.6. The molecule has 1 aromatic heterocycles. The average Bonchev–Trinajstić information content (AvgIpc) is 2.47. The summed E-state index contributed by atoms with van der Waals surface area (Å²) in [5, 5.41) is 5.46. The molecule has 0 bridgehead atoms. The summed E-state index contributed by atoms with van der Waals surface area (Å²) in [6, 6.07) is 7.92. The molecule has 0 fully saturated rings. The van der Waals surface area contributed by atoms with Crippen molar-refractivity contribution in [2.75, 3.05) is 11.9 Å². The maximum Gasteiger partial charge on any atom is 0.0737 e. The maximum atomic E-state index is 6.02. The Balaban J connectivity index is 2.09. The third-order valence-electron chi connectivity index (χ3n) is 3.83. The fourth-order valence-electron chi connectivity index (χ4n) is 2.47. The summed E-state index contributed by atoms with van der Waals surface area (Å²) >= 11 is 6.02. The Morgan fingerprint density at radius 3 is 2.85 bits per heavy atom. The van der Waals surface area contributed by atoms with Gasteiger partial charge in [0.2, 0.25) is 0 Å². The molecule has 0 aliphatic carbocycles. The second kappa shape index (κ2) is 7.49. The van der Waals surface area contributed by atoms with Crippen LogP contribution in [0.1, 0.15) is 39.5 Å². The van der Waals surface area contributed by atoms with E-state index >= 15 is 0 Å². The zero-order valence-corrected chi connectivity index (χ0v) is 13.1. The van der Waals surface area contributed by atoms with E-state index in [0.29, 0.717) is 0 Å².